The molecule has 5 heteroatoms. The molecular weight excluding hydrogens is 232 g/mol. The largest absolute Gasteiger partial charge is 0.481 e. The minimum atomic E-state index is -0.764. The lowest BCUT2D eigenvalue weighted by molar-refractivity contribution is -0.137. The Kier molecular flexibility index (Phi) is 7.39. The lowest BCUT2D eigenvalue weighted by Gasteiger charge is -2.28. The van der Waals surface area contributed by atoms with Crippen molar-refractivity contribution in [1.29, 1.82) is 0 Å². The van der Waals surface area contributed by atoms with Crippen molar-refractivity contribution in [3.8, 4) is 0 Å². The van der Waals surface area contributed by atoms with Crippen LogP contribution in [0.25, 0.3) is 0 Å². The number of urea groups is 1. The van der Waals surface area contributed by atoms with E-state index in [9.17, 15) is 9.59 Å². The first kappa shape index (κ1) is 16.7. The molecule has 0 spiro atoms. The predicted molar refractivity (Wildman–Crippen MR) is 71.6 cm³/mol. The Labute approximate surface area is 109 Å². The van der Waals surface area contributed by atoms with Crippen LogP contribution in [0.15, 0.2) is 0 Å². The van der Waals surface area contributed by atoms with Gasteiger partial charge in [-0.15, -0.1) is 0 Å². The zero-order valence-corrected chi connectivity index (χ0v) is 11.9. The molecule has 0 radical (unpaired) electrons. The van der Waals surface area contributed by atoms with Gasteiger partial charge in [0.05, 0.1) is 0 Å². The van der Waals surface area contributed by atoms with Crippen molar-refractivity contribution in [1.82, 2.24) is 10.6 Å². The molecule has 0 bridgehead atoms. The molecule has 0 aliphatic heterocycles. The van der Waals surface area contributed by atoms with Crippen LogP contribution in [-0.4, -0.2) is 29.7 Å². The minimum absolute atomic E-state index is 0.0405. The zero-order valence-electron chi connectivity index (χ0n) is 11.9. The highest BCUT2D eigenvalue weighted by atomic mass is 16.4. The van der Waals surface area contributed by atoms with Crippen molar-refractivity contribution < 1.29 is 14.7 Å². The summed E-state index contributed by atoms with van der Waals surface area (Å²) in [5.41, 5.74) is 0.0405. The highest BCUT2D eigenvalue weighted by Crippen LogP contribution is 2.18. The summed E-state index contributed by atoms with van der Waals surface area (Å²) in [6.07, 6.45) is 2.50. The van der Waals surface area contributed by atoms with Crippen molar-refractivity contribution >= 4 is 12.0 Å². The first-order valence-corrected chi connectivity index (χ1v) is 6.49. The van der Waals surface area contributed by atoms with Gasteiger partial charge in [-0.1, -0.05) is 27.2 Å². The number of carbonyl (C=O) groups excluding carboxylic acids is 1. The number of hydrogen-bond donors (Lipinski definition) is 3. The Bertz CT molecular complexity index is 272. The summed E-state index contributed by atoms with van der Waals surface area (Å²) in [4.78, 5) is 21.8. The number of hydrogen-bond acceptors (Lipinski definition) is 2. The molecular formula is C13H26N2O3. The maximum Gasteiger partial charge on any atom is 0.315 e. The van der Waals surface area contributed by atoms with E-state index in [1.165, 1.54) is 0 Å². The van der Waals surface area contributed by atoms with E-state index < -0.39 is 5.97 Å². The lowest BCUT2D eigenvalue weighted by atomic mass is 9.88. The topological polar surface area (TPSA) is 78.4 Å². The maximum absolute atomic E-state index is 11.5. The van der Waals surface area contributed by atoms with Crippen molar-refractivity contribution in [2.24, 2.45) is 5.41 Å². The van der Waals surface area contributed by atoms with Gasteiger partial charge >= 0.3 is 12.0 Å². The van der Waals surface area contributed by atoms with Crippen LogP contribution in [0.1, 0.15) is 53.4 Å². The normalized spacial score (nSPS) is 12.9. The quantitative estimate of drug-likeness (QED) is 0.613. The molecule has 0 saturated carbocycles. The summed E-state index contributed by atoms with van der Waals surface area (Å²) in [6, 6.07) is -0.0554. The molecule has 106 valence electrons. The van der Waals surface area contributed by atoms with Crippen molar-refractivity contribution in [3.63, 3.8) is 0 Å². The Morgan fingerprint density at radius 2 is 1.78 bits per heavy atom. The van der Waals surface area contributed by atoms with Crippen LogP contribution in [0, 0.1) is 5.41 Å². The Balaban J connectivity index is 3.57. The third-order valence-corrected chi connectivity index (χ3v) is 3.00. The molecule has 0 heterocycles. The molecule has 1 unspecified atom stereocenters. The van der Waals surface area contributed by atoms with E-state index in [0.717, 1.165) is 12.8 Å². The number of rotatable bonds is 7. The molecule has 0 aromatic heterocycles. The zero-order chi connectivity index (χ0) is 14.2. The van der Waals surface area contributed by atoms with Crippen LogP contribution in [0.5, 0.6) is 0 Å². The average molecular weight is 258 g/mol. The van der Waals surface area contributed by atoms with E-state index in [1.807, 2.05) is 6.92 Å². The van der Waals surface area contributed by atoms with Gasteiger partial charge in [0.25, 0.3) is 0 Å². The Hall–Kier alpha value is -1.26. The number of carboxylic acid groups (broad SMARTS) is 1. The van der Waals surface area contributed by atoms with Crippen LogP contribution < -0.4 is 10.6 Å². The standard InChI is InChI=1S/C13H26N2O3/c1-10(13(2,3)4)15-12(18)14-9-7-5-6-8-11(16)17/h10H,5-9H2,1-4H3,(H,16,17)(H2,14,15,18). The summed E-state index contributed by atoms with van der Waals surface area (Å²) in [5, 5.41) is 14.1. The first-order chi connectivity index (χ1) is 8.23. The number of unbranched alkanes of at least 4 members (excludes halogenated alkanes) is 2. The molecule has 18 heavy (non-hydrogen) atoms. The Morgan fingerprint density at radius 1 is 1.17 bits per heavy atom. The smallest absolute Gasteiger partial charge is 0.315 e. The molecule has 0 aliphatic carbocycles. The number of nitrogens with one attached hydrogen (secondary N) is 2. The summed E-state index contributed by atoms with van der Waals surface area (Å²) < 4.78 is 0. The molecule has 3 N–H and O–H groups in total. The third-order valence-electron chi connectivity index (χ3n) is 3.00. The van der Waals surface area contributed by atoms with Crippen molar-refractivity contribution in [2.75, 3.05) is 6.54 Å². The van der Waals surface area contributed by atoms with Crippen LogP contribution >= 0.6 is 0 Å². The van der Waals surface area contributed by atoms with Gasteiger partial charge in [0.15, 0.2) is 0 Å². The van der Waals surface area contributed by atoms with Gasteiger partial charge in [-0.2, -0.15) is 0 Å². The number of carbonyl (C=O) groups is 2. The van der Waals surface area contributed by atoms with Crippen LogP contribution in [-0.2, 0) is 4.79 Å². The Morgan fingerprint density at radius 3 is 2.28 bits per heavy atom. The SMILES string of the molecule is CC(NC(=O)NCCCCCC(=O)O)C(C)(C)C. The first-order valence-electron chi connectivity index (χ1n) is 6.49. The fourth-order valence-electron chi connectivity index (χ4n) is 1.24. The van der Waals surface area contributed by atoms with Crippen molar-refractivity contribution in [2.45, 2.75) is 59.4 Å². The van der Waals surface area contributed by atoms with Crippen LogP contribution in [0.4, 0.5) is 4.79 Å². The van der Waals surface area contributed by atoms with E-state index in [2.05, 4.69) is 31.4 Å². The second-order valence-corrected chi connectivity index (χ2v) is 5.69. The van der Waals surface area contributed by atoms with Crippen LogP contribution in [0.3, 0.4) is 0 Å². The molecule has 0 aliphatic rings. The fraction of sp³-hybridized carbons (Fsp3) is 0.846. The van der Waals surface area contributed by atoms with Crippen molar-refractivity contribution in [3.05, 3.63) is 0 Å². The molecule has 5 nitrogen and oxygen atoms in total. The average Bonchev–Trinajstić information content (AvgIpc) is 2.21. The predicted octanol–water partition coefficient (Wildman–Crippen LogP) is 2.37. The molecule has 0 rings (SSSR count). The fourth-order valence-corrected chi connectivity index (χ4v) is 1.24. The van der Waals surface area contributed by atoms with E-state index in [-0.39, 0.29) is 23.9 Å². The molecule has 0 aromatic carbocycles. The van der Waals surface area contributed by atoms with Gasteiger partial charge in [-0.05, 0) is 25.2 Å². The van der Waals surface area contributed by atoms with E-state index in [4.69, 9.17) is 5.11 Å². The maximum atomic E-state index is 11.5. The lowest BCUT2D eigenvalue weighted by Crippen LogP contribution is -2.46. The number of amides is 2. The summed E-state index contributed by atoms with van der Waals surface area (Å²) in [7, 11) is 0. The van der Waals surface area contributed by atoms with E-state index in [1.54, 1.807) is 0 Å². The second-order valence-electron chi connectivity index (χ2n) is 5.69. The monoisotopic (exact) mass is 258 g/mol. The van der Waals surface area contributed by atoms with Gasteiger partial charge < -0.3 is 15.7 Å². The van der Waals surface area contributed by atoms with Gasteiger partial charge in [-0.3, -0.25) is 4.79 Å². The molecule has 2 amide bonds. The number of carboxylic acids is 1. The highest BCUT2D eigenvalue weighted by Gasteiger charge is 2.21. The molecule has 1 atom stereocenters. The molecule has 0 fully saturated rings. The van der Waals surface area contributed by atoms with Crippen LogP contribution in [0.2, 0.25) is 0 Å². The van der Waals surface area contributed by atoms with Gasteiger partial charge in [0.1, 0.15) is 0 Å². The van der Waals surface area contributed by atoms with Gasteiger partial charge in [0.2, 0.25) is 0 Å². The number of aliphatic carboxylic acids is 1. The van der Waals surface area contributed by atoms with E-state index in [0.29, 0.717) is 13.0 Å². The minimum Gasteiger partial charge on any atom is -0.481 e. The second kappa shape index (κ2) is 7.95. The molecule has 0 aromatic rings. The summed E-state index contributed by atoms with van der Waals surface area (Å²) in [6.45, 7) is 8.78. The summed E-state index contributed by atoms with van der Waals surface area (Å²) >= 11 is 0. The van der Waals surface area contributed by atoms with Gasteiger partial charge in [0, 0.05) is 19.0 Å². The third kappa shape index (κ3) is 8.84. The van der Waals surface area contributed by atoms with E-state index >= 15 is 0 Å². The summed E-state index contributed by atoms with van der Waals surface area (Å²) in [5.74, 6) is -0.764. The molecule has 0 saturated heterocycles. The highest BCUT2D eigenvalue weighted by molar-refractivity contribution is 5.74. The van der Waals surface area contributed by atoms with Gasteiger partial charge in [-0.25, -0.2) is 4.79 Å².